The molecule has 3 atom stereocenters. The molecule has 2 fully saturated rings. The predicted molar refractivity (Wildman–Crippen MR) is 143 cm³/mol. The number of ether oxygens (including phenoxy) is 2. The van der Waals surface area contributed by atoms with Crippen LogP contribution in [-0.2, 0) is 14.3 Å². The Hall–Kier alpha value is -4.03. The second-order valence-electron chi connectivity index (χ2n) is 9.39. The average Bonchev–Trinajstić information content (AvgIpc) is 3.60. The normalized spacial score (nSPS) is 21.7. The maximum Gasteiger partial charge on any atom is 0.338 e. The lowest BCUT2D eigenvalue weighted by Gasteiger charge is -2.16. The van der Waals surface area contributed by atoms with Gasteiger partial charge >= 0.3 is 11.9 Å². The van der Waals surface area contributed by atoms with Gasteiger partial charge in [-0.25, -0.2) is 4.79 Å². The van der Waals surface area contributed by atoms with Crippen molar-refractivity contribution in [3.05, 3.63) is 107 Å². The third kappa shape index (κ3) is 4.72. The first-order valence-electron chi connectivity index (χ1n) is 12.3. The maximum absolute atomic E-state index is 13.0. The van der Waals surface area contributed by atoms with Gasteiger partial charge in [0.1, 0.15) is 12.2 Å². The molecule has 6 heteroatoms. The van der Waals surface area contributed by atoms with Crippen molar-refractivity contribution < 1.29 is 23.9 Å². The number of rotatable bonds is 6. The fourth-order valence-electron chi connectivity index (χ4n) is 5.20. The largest absolute Gasteiger partial charge is 0.462 e. The van der Waals surface area contributed by atoms with Crippen LogP contribution in [0.15, 0.2) is 96.6 Å². The average molecular weight is 509 g/mol. The molecular formula is C31H24O5S. The van der Waals surface area contributed by atoms with Gasteiger partial charge in [-0.15, -0.1) is 11.3 Å². The van der Waals surface area contributed by atoms with Crippen molar-refractivity contribution in [1.82, 2.24) is 0 Å². The lowest BCUT2D eigenvalue weighted by molar-refractivity contribution is -0.141. The Labute approximate surface area is 218 Å². The summed E-state index contributed by atoms with van der Waals surface area (Å²) in [7, 11) is 0. The molecule has 0 amide bonds. The van der Waals surface area contributed by atoms with E-state index < -0.39 is 12.1 Å². The van der Waals surface area contributed by atoms with Crippen molar-refractivity contribution in [3.63, 3.8) is 0 Å². The summed E-state index contributed by atoms with van der Waals surface area (Å²) >= 11 is 1.47. The molecule has 1 aromatic heterocycles. The van der Waals surface area contributed by atoms with E-state index in [1.165, 1.54) is 11.3 Å². The SMILES string of the molecule is O=C1C[C@@H]2C(=CCC(=O)c3cc4ccccc4s3)[C@H](OC(=O)c3ccc(-c4ccccc4)cc3)C[C@@H]2O1. The van der Waals surface area contributed by atoms with Gasteiger partial charge in [0.05, 0.1) is 16.9 Å². The van der Waals surface area contributed by atoms with Crippen LogP contribution in [0.4, 0.5) is 0 Å². The molecule has 2 heterocycles. The summed E-state index contributed by atoms with van der Waals surface area (Å²) in [4.78, 5) is 38.6. The number of carbonyl (C=O) groups excluding carboxylic acids is 3. The number of hydrogen-bond acceptors (Lipinski definition) is 6. The monoisotopic (exact) mass is 508 g/mol. The van der Waals surface area contributed by atoms with E-state index in [4.69, 9.17) is 9.47 Å². The highest BCUT2D eigenvalue weighted by molar-refractivity contribution is 7.20. The van der Waals surface area contributed by atoms with Crippen molar-refractivity contribution in [2.75, 3.05) is 0 Å². The lowest BCUT2D eigenvalue weighted by atomic mass is 9.97. The zero-order chi connectivity index (χ0) is 25.4. The second kappa shape index (κ2) is 9.79. The molecule has 0 bridgehead atoms. The first-order chi connectivity index (χ1) is 18.0. The molecule has 1 saturated carbocycles. The fourth-order valence-corrected chi connectivity index (χ4v) is 6.21. The number of carbonyl (C=O) groups is 3. The number of Topliss-reactive ketones (excluding diaryl/α,β-unsaturated/α-hetero) is 1. The quantitative estimate of drug-likeness (QED) is 0.166. The minimum absolute atomic E-state index is 0.00368. The van der Waals surface area contributed by atoms with Crippen LogP contribution >= 0.6 is 11.3 Å². The van der Waals surface area contributed by atoms with Gasteiger partial charge in [-0.05, 0) is 46.4 Å². The Morgan fingerprint density at radius 2 is 1.68 bits per heavy atom. The van der Waals surface area contributed by atoms with Crippen LogP contribution in [0.5, 0.6) is 0 Å². The van der Waals surface area contributed by atoms with E-state index in [0.29, 0.717) is 16.9 Å². The molecule has 0 radical (unpaired) electrons. The van der Waals surface area contributed by atoms with E-state index in [0.717, 1.165) is 26.8 Å². The molecule has 3 aromatic carbocycles. The zero-order valence-corrected chi connectivity index (χ0v) is 20.8. The minimum Gasteiger partial charge on any atom is -0.462 e. The second-order valence-corrected chi connectivity index (χ2v) is 10.5. The first kappa shape index (κ1) is 23.4. The Kier molecular flexibility index (Phi) is 6.18. The van der Waals surface area contributed by atoms with E-state index in [1.54, 1.807) is 12.1 Å². The van der Waals surface area contributed by atoms with Crippen molar-refractivity contribution in [3.8, 4) is 11.1 Å². The maximum atomic E-state index is 13.0. The minimum atomic E-state index is -0.528. The van der Waals surface area contributed by atoms with Crippen molar-refractivity contribution >= 4 is 39.1 Å². The molecule has 2 aliphatic rings. The summed E-state index contributed by atoms with van der Waals surface area (Å²) in [5.74, 6) is -0.847. The Morgan fingerprint density at radius 1 is 0.946 bits per heavy atom. The molecule has 1 aliphatic heterocycles. The van der Waals surface area contributed by atoms with Gasteiger partial charge in [0.15, 0.2) is 5.78 Å². The summed E-state index contributed by atoms with van der Waals surface area (Å²) in [6.45, 7) is 0. The highest BCUT2D eigenvalue weighted by Crippen LogP contribution is 2.43. The Bertz CT molecular complexity index is 1480. The molecule has 6 rings (SSSR count). The molecule has 4 aromatic rings. The number of allylic oxidation sites excluding steroid dienone is 1. The highest BCUT2D eigenvalue weighted by Gasteiger charge is 2.48. The first-order valence-corrected chi connectivity index (χ1v) is 13.1. The van der Waals surface area contributed by atoms with Gasteiger partial charge in [-0.3, -0.25) is 9.59 Å². The molecule has 184 valence electrons. The molecular weight excluding hydrogens is 484 g/mol. The van der Waals surface area contributed by atoms with Gasteiger partial charge < -0.3 is 9.47 Å². The van der Waals surface area contributed by atoms with Crippen LogP contribution in [0.3, 0.4) is 0 Å². The number of thiophene rings is 1. The van der Waals surface area contributed by atoms with Crippen LogP contribution in [-0.4, -0.2) is 29.9 Å². The molecule has 5 nitrogen and oxygen atoms in total. The Balaban J connectivity index is 1.19. The topological polar surface area (TPSA) is 69.7 Å². The fraction of sp³-hybridized carbons (Fsp3) is 0.194. The molecule has 0 N–H and O–H groups in total. The summed E-state index contributed by atoms with van der Waals surface area (Å²) in [5, 5.41) is 1.05. The van der Waals surface area contributed by atoms with E-state index >= 15 is 0 Å². The number of esters is 2. The lowest BCUT2D eigenvalue weighted by Crippen LogP contribution is -2.19. The predicted octanol–water partition coefficient (Wildman–Crippen LogP) is 6.63. The third-order valence-corrected chi connectivity index (χ3v) is 8.22. The van der Waals surface area contributed by atoms with Gasteiger partial charge in [0, 0.05) is 23.5 Å². The van der Waals surface area contributed by atoms with Gasteiger partial charge in [-0.2, -0.15) is 0 Å². The number of benzene rings is 3. The summed E-state index contributed by atoms with van der Waals surface area (Å²) in [5.41, 5.74) is 3.34. The van der Waals surface area contributed by atoms with Gasteiger partial charge in [0.25, 0.3) is 0 Å². The van der Waals surface area contributed by atoms with Crippen LogP contribution in [0.25, 0.3) is 21.2 Å². The Morgan fingerprint density at radius 3 is 2.46 bits per heavy atom. The highest BCUT2D eigenvalue weighted by atomic mass is 32.1. The van der Waals surface area contributed by atoms with E-state index in [-0.39, 0.29) is 36.6 Å². The zero-order valence-electron chi connectivity index (χ0n) is 20.0. The third-order valence-electron chi connectivity index (χ3n) is 7.07. The molecule has 0 spiro atoms. The van der Waals surface area contributed by atoms with Gasteiger partial charge in [-0.1, -0.05) is 66.7 Å². The van der Waals surface area contributed by atoms with Crippen LogP contribution in [0.1, 0.15) is 39.3 Å². The number of ketones is 1. The molecule has 1 saturated heterocycles. The van der Waals surface area contributed by atoms with Crippen molar-refractivity contribution in [2.24, 2.45) is 5.92 Å². The standard InChI is InChI=1S/C31H24O5S/c32-25(29-16-22-8-4-5-9-28(22)37-29)15-14-23-24-17-30(33)35-27(24)18-26(23)36-31(34)21-12-10-20(11-13-21)19-6-2-1-3-7-19/h1-14,16,24,26-27H,15,17-18H2/t24-,26-,27+/m1/s1. The van der Waals surface area contributed by atoms with Crippen molar-refractivity contribution in [2.45, 2.75) is 31.5 Å². The van der Waals surface area contributed by atoms with Crippen LogP contribution in [0.2, 0.25) is 0 Å². The van der Waals surface area contributed by atoms with Crippen LogP contribution in [0, 0.1) is 5.92 Å². The van der Waals surface area contributed by atoms with Crippen molar-refractivity contribution in [1.29, 1.82) is 0 Å². The number of fused-ring (bicyclic) bond motifs is 2. The summed E-state index contributed by atoms with van der Waals surface area (Å²) < 4.78 is 12.4. The van der Waals surface area contributed by atoms with Gasteiger partial charge in [0.2, 0.25) is 0 Å². The molecule has 1 aliphatic carbocycles. The smallest absolute Gasteiger partial charge is 0.338 e. The summed E-state index contributed by atoms with van der Waals surface area (Å²) in [6, 6.07) is 27.1. The molecule has 37 heavy (non-hydrogen) atoms. The van der Waals surface area contributed by atoms with E-state index in [1.807, 2.05) is 78.9 Å². The van der Waals surface area contributed by atoms with Crippen LogP contribution < -0.4 is 0 Å². The summed E-state index contributed by atoms with van der Waals surface area (Å²) in [6.07, 6.45) is 1.83. The molecule has 0 unspecified atom stereocenters. The van der Waals surface area contributed by atoms with E-state index in [2.05, 4.69) is 0 Å². The van der Waals surface area contributed by atoms with E-state index in [9.17, 15) is 14.4 Å². The number of hydrogen-bond donors (Lipinski definition) is 0.